The Labute approximate surface area is 146 Å². The van der Waals surface area contributed by atoms with Crippen molar-refractivity contribution in [3.8, 4) is 5.75 Å². The number of nitrogens with zero attached hydrogens (tertiary/aromatic N) is 1. The fraction of sp³-hybridized carbons (Fsp3) is 0.562. The van der Waals surface area contributed by atoms with Gasteiger partial charge >= 0.3 is 0 Å². The van der Waals surface area contributed by atoms with Gasteiger partial charge < -0.3 is 20.7 Å². The molecule has 3 N–H and O–H groups in total. The van der Waals surface area contributed by atoms with E-state index in [1.165, 1.54) is 0 Å². The molecule has 128 valence electrons. The van der Waals surface area contributed by atoms with Crippen LogP contribution in [-0.4, -0.2) is 50.2 Å². The van der Waals surface area contributed by atoms with E-state index in [0.29, 0.717) is 11.4 Å². The summed E-state index contributed by atoms with van der Waals surface area (Å²) in [5, 5.41) is 3.72. The number of hydrogen-bond donors (Lipinski definition) is 2. The molecule has 0 saturated carbocycles. The van der Waals surface area contributed by atoms with Crippen molar-refractivity contribution in [2.45, 2.75) is 24.9 Å². The van der Waals surface area contributed by atoms with Gasteiger partial charge in [0, 0.05) is 24.2 Å². The molecule has 1 unspecified atom stereocenters. The minimum absolute atomic E-state index is 0.0658. The van der Waals surface area contributed by atoms with Crippen LogP contribution in [0.2, 0.25) is 5.02 Å². The number of rotatable bonds is 7. The number of benzene rings is 1. The number of hydrogen-bond acceptors (Lipinski definition) is 5. The summed E-state index contributed by atoms with van der Waals surface area (Å²) in [6.45, 7) is 1.58. The second-order valence-corrected chi connectivity index (χ2v) is 7.07. The highest BCUT2D eigenvalue weighted by Gasteiger charge is 2.27. The van der Waals surface area contributed by atoms with Crippen molar-refractivity contribution in [1.29, 1.82) is 0 Å². The molecule has 2 rings (SSSR count). The lowest BCUT2D eigenvalue weighted by atomic mass is 10.2. The van der Waals surface area contributed by atoms with E-state index in [-0.39, 0.29) is 11.9 Å². The molecule has 0 radical (unpaired) electrons. The third-order valence-electron chi connectivity index (χ3n) is 3.99. The Kier molecular flexibility index (Phi) is 6.87. The molecular weight excluding hydrogens is 334 g/mol. The SMILES string of the molecule is COc1ccc(Cl)cc1N1CCC(NC(=O)[C@@H](N)CCSC)C1. The van der Waals surface area contributed by atoms with Crippen molar-refractivity contribution in [2.75, 3.05) is 37.1 Å². The lowest BCUT2D eigenvalue weighted by Gasteiger charge is -2.22. The summed E-state index contributed by atoms with van der Waals surface area (Å²) < 4.78 is 5.40. The summed E-state index contributed by atoms with van der Waals surface area (Å²) in [6.07, 6.45) is 3.60. The Morgan fingerprint density at radius 1 is 1.61 bits per heavy atom. The van der Waals surface area contributed by atoms with Crippen LogP contribution in [0, 0.1) is 0 Å². The maximum atomic E-state index is 12.1. The first kappa shape index (κ1) is 18.2. The molecule has 1 aliphatic rings. The van der Waals surface area contributed by atoms with Crippen molar-refractivity contribution in [1.82, 2.24) is 5.32 Å². The average molecular weight is 358 g/mol. The summed E-state index contributed by atoms with van der Waals surface area (Å²) >= 11 is 7.79. The standard InChI is InChI=1S/C16H24ClN3O2S/c1-22-15-4-3-11(17)9-14(15)20-7-5-12(10-20)19-16(21)13(18)6-8-23-2/h3-4,9,12-13H,5-8,10,18H2,1-2H3,(H,19,21)/t12?,13-/m0/s1. The fourth-order valence-electron chi connectivity index (χ4n) is 2.69. The molecule has 23 heavy (non-hydrogen) atoms. The van der Waals surface area contributed by atoms with Crippen LogP contribution < -0.4 is 20.7 Å². The third-order valence-corrected chi connectivity index (χ3v) is 4.87. The maximum absolute atomic E-state index is 12.1. The van der Waals surface area contributed by atoms with E-state index in [2.05, 4.69) is 10.2 Å². The first-order valence-corrected chi connectivity index (χ1v) is 9.45. The highest BCUT2D eigenvalue weighted by atomic mass is 35.5. The highest BCUT2D eigenvalue weighted by molar-refractivity contribution is 7.98. The Balaban J connectivity index is 1.94. The molecule has 1 aromatic carbocycles. The number of halogens is 1. The van der Waals surface area contributed by atoms with E-state index in [0.717, 1.165) is 36.7 Å². The highest BCUT2D eigenvalue weighted by Crippen LogP contribution is 2.33. The van der Waals surface area contributed by atoms with E-state index in [1.807, 2.05) is 24.5 Å². The average Bonchev–Trinajstić information content (AvgIpc) is 3.00. The zero-order valence-corrected chi connectivity index (χ0v) is 15.1. The van der Waals surface area contributed by atoms with Gasteiger partial charge in [-0.2, -0.15) is 11.8 Å². The lowest BCUT2D eigenvalue weighted by Crippen LogP contribution is -2.46. The van der Waals surface area contributed by atoms with E-state index >= 15 is 0 Å². The van der Waals surface area contributed by atoms with Gasteiger partial charge in [-0.1, -0.05) is 11.6 Å². The number of carbonyl (C=O) groups is 1. The smallest absolute Gasteiger partial charge is 0.237 e. The van der Waals surface area contributed by atoms with Gasteiger partial charge in [-0.15, -0.1) is 0 Å². The topological polar surface area (TPSA) is 67.6 Å². The van der Waals surface area contributed by atoms with Crippen molar-refractivity contribution < 1.29 is 9.53 Å². The van der Waals surface area contributed by atoms with Crippen LogP contribution >= 0.6 is 23.4 Å². The molecule has 0 spiro atoms. The number of anilines is 1. The Bertz CT molecular complexity index is 544. The quantitative estimate of drug-likeness (QED) is 0.782. The van der Waals surface area contributed by atoms with Crippen molar-refractivity contribution >= 4 is 35.0 Å². The number of thioether (sulfide) groups is 1. The zero-order chi connectivity index (χ0) is 16.8. The molecule has 1 heterocycles. The first-order chi connectivity index (χ1) is 11.0. The summed E-state index contributed by atoms with van der Waals surface area (Å²) in [4.78, 5) is 14.3. The summed E-state index contributed by atoms with van der Waals surface area (Å²) in [7, 11) is 1.65. The second-order valence-electron chi connectivity index (χ2n) is 5.64. The van der Waals surface area contributed by atoms with Gasteiger partial charge in [0.05, 0.1) is 18.8 Å². The van der Waals surface area contributed by atoms with Gasteiger partial charge in [-0.25, -0.2) is 0 Å². The van der Waals surface area contributed by atoms with E-state index in [4.69, 9.17) is 22.1 Å². The molecular formula is C16H24ClN3O2S. The lowest BCUT2D eigenvalue weighted by molar-refractivity contribution is -0.122. The summed E-state index contributed by atoms with van der Waals surface area (Å²) in [5.41, 5.74) is 6.88. The van der Waals surface area contributed by atoms with Crippen molar-refractivity contribution in [3.63, 3.8) is 0 Å². The van der Waals surface area contributed by atoms with Gasteiger partial charge in [0.15, 0.2) is 0 Å². The fourth-order valence-corrected chi connectivity index (χ4v) is 3.35. The van der Waals surface area contributed by atoms with E-state index < -0.39 is 6.04 Å². The molecule has 1 amide bonds. The Morgan fingerprint density at radius 3 is 3.09 bits per heavy atom. The summed E-state index contributed by atoms with van der Waals surface area (Å²) in [5.74, 6) is 1.62. The molecule has 1 aromatic rings. The summed E-state index contributed by atoms with van der Waals surface area (Å²) in [6, 6.07) is 5.24. The normalized spacial score (nSPS) is 18.8. The molecule has 0 bridgehead atoms. The van der Waals surface area contributed by atoms with Gasteiger partial charge in [-0.05, 0) is 43.0 Å². The van der Waals surface area contributed by atoms with Gasteiger partial charge in [-0.3, -0.25) is 4.79 Å². The second kappa shape index (κ2) is 8.66. The number of carbonyl (C=O) groups excluding carboxylic acids is 1. The van der Waals surface area contributed by atoms with Crippen LogP contribution in [0.1, 0.15) is 12.8 Å². The van der Waals surface area contributed by atoms with Crippen molar-refractivity contribution in [2.24, 2.45) is 5.73 Å². The molecule has 2 atom stereocenters. The maximum Gasteiger partial charge on any atom is 0.237 e. The van der Waals surface area contributed by atoms with Crippen LogP contribution in [0.5, 0.6) is 5.75 Å². The van der Waals surface area contributed by atoms with Gasteiger partial charge in [0.1, 0.15) is 5.75 Å². The van der Waals surface area contributed by atoms with Crippen LogP contribution in [-0.2, 0) is 4.79 Å². The van der Waals surface area contributed by atoms with Crippen LogP contribution in [0.3, 0.4) is 0 Å². The number of nitrogens with two attached hydrogens (primary N) is 1. The predicted octanol–water partition coefficient (Wildman–Crippen LogP) is 2.12. The largest absolute Gasteiger partial charge is 0.495 e. The molecule has 0 aliphatic carbocycles. The van der Waals surface area contributed by atoms with Crippen LogP contribution in [0.4, 0.5) is 5.69 Å². The minimum atomic E-state index is -0.433. The van der Waals surface area contributed by atoms with E-state index in [9.17, 15) is 4.79 Å². The molecule has 1 aliphatic heterocycles. The molecule has 5 nitrogen and oxygen atoms in total. The van der Waals surface area contributed by atoms with Gasteiger partial charge in [0.2, 0.25) is 5.91 Å². The Hall–Kier alpha value is -1.11. The van der Waals surface area contributed by atoms with Crippen LogP contribution in [0.15, 0.2) is 18.2 Å². The molecule has 7 heteroatoms. The number of methoxy groups -OCH3 is 1. The minimum Gasteiger partial charge on any atom is -0.495 e. The number of ether oxygens (including phenoxy) is 1. The first-order valence-electron chi connectivity index (χ1n) is 7.68. The molecule has 1 fully saturated rings. The van der Waals surface area contributed by atoms with Crippen LogP contribution in [0.25, 0.3) is 0 Å². The molecule has 0 aromatic heterocycles. The monoisotopic (exact) mass is 357 g/mol. The third kappa shape index (κ3) is 4.93. The van der Waals surface area contributed by atoms with Crippen molar-refractivity contribution in [3.05, 3.63) is 23.2 Å². The molecule has 1 saturated heterocycles. The Morgan fingerprint density at radius 2 is 2.39 bits per heavy atom. The predicted molar refractivity (Wildman–Crippen MR) is 97.7 cm³/mol. The van der Waals surface area contributed by atoms with Gasteiger partial charge in [0.25, 0.3) is 0 Å². The van der Waals surface area contributed by atoms with E-state index in [1.54, 1.807) is 18.9 Å². The number of nitrogens with one attached hydrogen (secondary N) is 1. The number of amides is 1. The zero-order valence-electron chi connectivity index (χ0n) is 13.5.